The fourth-order valence-electron chi connectivity index (χ4n) is 1.30. The van der Waals surface area contributed by atoms with Crippen molar-refractivity contribution in [2.24, 2.45) is 0 Å². The normalized spacial score (nSPS) is 12.3. The van der Waals surface area contributed by atoms with Crippen molar-refractivity contribution in [3.05, 3.63) is 22.7 Å². The van der Waals surface area contributed by atoms with Gasteiger partial charge >= 0.3 is 0 Å². The smallest absolute Gasteiger partial charge is 0.121 e. The predicted octanol–water partition coefficient (Wildman–Crippen LogP) is 2.90. The fraction of sp³-hybridized carbons (Fsp3) is 0.455. The van der Waals surface area contributed by atoms with Crippen LogP contribution in [0.3, 0.4) is 0 Å². The molecule has 84 valence electrons. The highest BCUT2D eigenvalue weighted by Gasteiger charge is 2.05. The van der Waals surface area contributed by atoms with E-state index < -0.39 is 0 Å². The molecule has 0 saturated carbocycles. The van der Waals surface area contributed by atoms with Crippen molar-refractivity contribution in [2.75, 3.05) is 26.1 Å². The molecule has 1 unspecified atom stereocenters. The first-order valence-electron chi connectivity index (χ1n) is 4.76. The van der Waals surface area contributed by atoms with Gasteiger partial charge in [0.05, 0.1) is 19.4 Å². The van der Waals surface area contributed by atoms with Crippen LogP contribution in [0.15, 0.2) is 22.7 Å². The largest absolute Gasteiger partial charge is 0.497 e. The Balaban J connectivity index is 2.74. The molecule has 1 aromatic carbocycles. The van der Waals surface area contributed by atoms with Gasteiger partial charge in [-0.1, -0.05) is 0 Å². The topological polar surface area (TPSA) is 30.5 Å². The van der Waals surface area contributed by atoms with E-state index in [1.165, 1.54) is 0 Å². The van der Waals surface area contributed by atoms with Gasteiger partial charge < -0.3 is 14.8 Å². The zero-order chi connectivity index (χ0) is 11.3. The van der Waals surface area contributed by atoms with Crippen molar-refractivity contribution >= 4 is 21.6 Å². The minimum absolute atomic E-state index is 0.262. The van der Waals surface area contributed by atoms with Gasteiger partial charge in [0.1, 0.15) is 5.75 Å². The summed E-state index contributed by atoms with van der Waals surface area (Å²) in [6.07, 6.45) is 0. The van der Waals surface area contributed by atoms with E-state index in [1.54, 1.807) is 14.2 Å². The zero-order valence-electron chi connectivity index (χ0n) is 9.21. The Bertz CT molecular complexity index is 317. The number of anilines is 1. The number of halogens is 1. The number of methoxy groups -OCH3 is 2. The quantitative estimate of drug-likeness (QED) is 0.895. The Hall–Kier alpha value is -0.740. The molecule has 0 aromatic heterocycles. The molecule has 4 heteroatoms. The van der Waals surface area contributed by atoms with Crippen LogP contribution in [-0.4, -0.2) is 26.9 Å². The van der Waals surface area contributed by atoms with E-state index in [0.717, 1.165) is 15.9 Å². The Morgan fingerprint density at radius 2 is 2.13 bits per heavy atom. The lowest BCUT2D eigenvalue weighted by Gasteiger charge is -2.16. The minimum Gasteiger partial charge on any atom is -0.497 e. The lowest BCUT2D eigenvalue weighted by molar-refractivity contribution is 0.190. The van der Waals surface area contributed by atoms with Crippen molar-refractivity contribution in [3.8, 4) is 5.75 Å². The van der Waals surface area contributed by atoms with Crippen LogP contribution in [0.2, 0.25) is 0 Å². The molecule has 0 heterocycles. The summed E-state index contributed by atoms with van der Waals surface area (Å²) in [5, 5.41) is 3.33. The number of hydrogen-bond acceptors (Lipinski definition) is 3. The molecule has 1 aromatic rings. The van der Waals surface area contributed by atoms with Crippen LogP contribution in [0.5, 0.6) is 5.75 Å². The summed E-state index contributed by atoms with van der Waals surface area (Å²) in [4.78, 5) is 0. The highest BCUT2D eigenvalue weighted by molar-refractivity contribution is 9.10. The fourth-order valence-corrected chi connectivity index (χ4v) is 1.66. The summed E-state index contributed by atoms with van der Waals surface area (Å²) in [5.74, 6) is 0.838. The van der Waals surface area contributed by atoms with E-state index in [2.05, 4.69) is 28.2 Å². The van der Waals surface area contributed by atoms with Crippen LogP contribution in [-0.2, 0) is 4.74 Å². The highest BCUT2D eigenvalue weighted by Crippen LogP contribution is 2.27. The van der Waals surface area contributed by atoms with Gasteiger partial charge in [-0.05, 0) is 35.0 Å². The van der Waals surface area contributed by atoms with Gasteiger partial charge in [0.2, 0.25) is 0 Å². The molecule has 15 heavy (non-hydrogen) atoms. The molecule has 0 spiro atoms. The van der Waals surface area contributed by atoms with Crippen LogP contribution in [0, 0.1) is 0 Å². The van der Waals surface area contributed by atoms with Crippen molar-refractivity contribution in [1.82, 2.24) is 0 Å². The molecule has 3 nitrogen and oxygen atoms in total. The first-order chi connectivity index (χ1) is 7.17. The van der Waals surface area contributed by atoms with Gasteiger partial charge in [-0.2, -0.15) is 0 Å². The first-order valence-corrected chi connectivity index (χ1v) is 5.55. The van der Waals surface area contributed by atoms with E-state index in [9.17, 15) is 0 Å². The summed E-state index contributed by atoms with van der Waals surface area (Å²) in [6.45, 7) is 2.74. The highest BCUT2D eigenvalue weighted by atomic mass is 79.9. The third kappa shape index (κ3) is 3.72. The second-order valence-electron chi connectivity index (χ2n) is 3.35. The maximum absolute atomic E-state index is 5.16. The molecule has 0 aliphatic heterocycles. The van der Waals surface area contributed by atoms with Crippen LogP contribution < -0.4 is 10.1 Å². The van der Waals surface area contributed by atoms with E-state index in [-0.39, 0.29) is 6.04 Å². The summed E-state index contributed by atoms with van der Waals surface area (Å²) in [7, 11) is 3.35. The van der Waals surface area contributed by atoms with Gasteiger partial charge in [0.15, 0.2) is 0 Å². The maximum Gasteiger partial charge on any atom is 0.121 e. The van der Waals surface area contributed by atoms with Crippen LogP contribution >= 0.6 is 15.9 Å². The minimum atomic E-state index is 0.262. The molecule has 1 N–H and O–H groups in total. The predicted molar refractivity (Wildman–Crippen MR) is 65.7 cm³/mol. The monoisotopic (exact) mass is 273 g/mol. The number of nitrogens with one attached hydrogen (secondary N) is 1. The molecular weight excluding hydrogens is 258 g/mol. The molecule has 0 fully saturated rings. The first kappa shape index (κ1) is 12.3. The molecule has 0 aliphatic carbocycles. The third-order valence-electron chi connectivity index (χ3n) is 1.99. The summed E-state index contributed by atoms with van der Waals surface area (Å²) >= 11 is 3.48. The van der Waals surface area contributed by atoms with Gasteiger partial charge in [0, 0.05) is 23.7 Å². The molecule has 0 amide bonds. The second-order valence-corrected chi connectivity index (χ2v) is 4.20. The van der Waals surface area contributed by atoms with Crippen molar-refractivity contribution in [2.45, 2.75) is 13.0 Å². The Morgan fingerprint density at radius 3 is 2.73 bits per heavy atom. The summed E-state index contributed by atoms with van der Waals surface area (Å²) in [5.41, 5.74) is 1.01. The number of ether oxygens (including phenoxy) is 2. The van der Waals surface area contributed by atoms with Gasteiger partial charge in [0.25, 0.3) is 0 Å². The number of rotatable bonds is 5. The van der Waals surface area contributed by atoms with Gasteiger partial charge in [-0.25, -0.2) is 0 Å². The van der Waals surface area contributed by atoms with Crippen LogP contribution in [0.25, 0.3) is 0 Å². The molecule has 0 bridgehead atoms. The summed E-state index contributed by atoms with van der Waals surface area (Å²) < 4.78 is 11.2. The zero-order valence-corrected chi connectivity index (χ0v) is 10.8. The van der Waals surface area contributed by atoms with Crippen LogP contribution in [0.1, 0.15) is 6.92 Å². The molecule has 1 rings (SSSR count). The summed E-state index contributed by atoms with van der Waals surface area (Å²) in [6, 6.07) is 6.09. The van der Waals surface area contributed by atoms with Gasteiger partial charge in [-0.15, -0.1) is 0 Å². The molecule has 0 aliphatic rings. The second kappa shape index (κ2) is 5.98. The Kier molecular flexibility index (Phi) is 4.91. The number of hydrogen-bond donors (Lipinski definition) is 1. The van der Waals surface area contributed by atoms with Crippen molar-refractivity contribution in [3.63, 3.8) is 0 Å². The van der Waals surface area contributed by atoms with E-state index in [0.29, 0.717) is 6.61 Å². The average molecular weight is 274 g/mol. The number of benzene rings is 1. The maximum atomic E-state index is 5.16. The Labute approximate surface area is 98.9 Å². The molecular formula is C11H16BrNO2. The Morgan fingerprint density at radius 1 is 1.40 bits per heavy atom. The van der Waals surface area contributed by atoms with Crippen molar-refractivity contribution < 1.29 is 9.47 Å². The van der Waals surface area contributed by atoms with Gasteiger partial charge in [-0.3, -0.25) is 0 Å². The average Bonchev–Trinajstić information content (AvgIpc) is 2.21. The van der Waals surface area contributed by atoms with Crippen molar-refractivity contribution in [1.29, 1.82) is 0 Å². The van der Waals surface area contributed by atoms with E-state index in [4.69, 9.17) is 9.47 Å². The standard InChI is InChI=1S/C11H16BrNO2/c1-8(7-14-2)13-11-6-9(15-3)4-5-10(11)12/h4-6,8,13H,7H2,1-3H3. The van der Waals surface area contributed by atoms with E-state index >= 15 is 0 Å². The van der Waals surface area contributed by atoms with E-state index in [1.807, 2.05) is 18.2 Å². The lowest BCUT2D eigenvalue weighted by atomic mass is 10.2. The molecule has 0 saturated heterocycles. The van der Waals surface area contributed by atoms with Crippen LogP contribution in [0.4, 0.5) is 5.69 Å². The lowest BCUT2D eigenvalue weighted by Crippen LogP contribution is -2.20. The molecule has 1 atom stereocenters. The molecule has 0 radical (unpaired) electrons. The SMILES string of the molecule is COCC(C)Nc1cc(OC)ccc1Br. The third-order valence-corrected chi connectivity index (χ3v) is 2.68.